The van der Waals surface area contributed by atoms with Crippen molar-refractivity contribution in [2.24, 2.45) is 5.92 Å². The van der Waals surface area contributed by atoms with Gasteiger partial charge in [-0.1, -0.05) is 25.5 Å². The molecule has 1 heterocycles. The van der Waals surface area contributed by atoms with E-state index in [0.29, 0.717) is 6.42 Å². The van der Waals surface area contributed by atoms with Gasteiger partial charge in [0.25, 0.3) is 0 Å². The van der Waals surface area contributed by atoms with E-state index in [9.17, 15) is 15.3 Å². The molecule has 1 fully saturated rings. The SMILES string of the molecule is CC(C)C(=CCO)CCOC1OC(CO)C(O)C(O)C1O. The third-order valence-electron chi connectivity index (χ3n) is 3.62. The summed E-state index contributed by atoms with van der Waals surface area (Å²) >= 11 is 0. The highest BCUT2D eigenvalue weighted by molar-refractivity contribution is 5.04. The maximum atomic E-state index is 9.80. The molecular weight excluding hydrogens is 280 g/mol. The zero-order chi connectivity index (χ0) is 16.0. The Morgan fingerprint density at radius 1 is 1.14 bits per heavy atom. The molecule has 1 aliphatic heterocycles. The predicted molar refractivity (Wildman–Crippen MR) is 74.3 cm³/mol. The fourth-order valence-electron chi connectivity index (χ4n) is 2.24. The normalized spacial score (nSPS) is 34.5. The largest absolute Gasteiger partial charge is 0.394 e. The third kappa shape index (κ3) is 5.00. The van der Waals surface area contributed by atoms with E-state index >= 15 is 0 Å². The summed E-state index contributed by atoms with van der Waals surface area (Å²) in [5.74, 6) is 0.260. The fraction of sp³-hybridized carbons (Fsp3) is 0.857. The molecule has 5 N–H and O–H groups in total. The topological polar surface area (TPSA) is 120 Å². The van der Waals surface area contributed by atoms with Crippen LogP contribution in [0.5, 0.6) is 0 Å². The van der Waals surface area contributed by atoms with Crippen LogP contribution >= 0.6 is 0 Å². The molecule has 0 spiro atoms. The number of aliphatic hydroxyl groups is 5. The molecule has 0 radical (unpaired) electrons. The highest BCUT2D eigenvalue weighted by Crippen LogP contribution is 2.23. The lowest BCUT2D eigenvalue weighted by Crippen LogP contribution is -2.59. The minimum absolute atomic E-state index is 0.0481. The van der Waals surface area contributed by atoms with Crippen molar-refractivity contribution in [3.8, 4) is 0 Å². The van der Waals surface area contributed by atoms with Crippen LogP contribution in [0.3, 0.4) is 0 Å². The maximum Gasteiger partial charge on any atom is 0.186 e. The van der Waals surface area contributed by atoms with Gasteiger partial charge in [-0.15, -0.1) is 0 Å². The number of hydrogen-bond acceptors (Lipinski definition) is 7. The second-order valence-corrected chi connectivity index (χ2v) is 5.43. The molecule has 5 unspecified atom stereocenters. The Hall–Kier alpha value is -0.540. The molecule has 1 saturated heterocycles. The Balaban J connectivity index is 2.52. The molecule has 7 nitrogen and oxygen atoms in total. The lowest BCUT2D eigenvalue weighted by molar-refractivity contribution is -0.300. The Morgan fingerprint density at radius 2 is 1.81 bits per heavy atom. The van der Waals surface area contributed by atoms with Crippen molar-refractivity contribution in [2.45, 2.75) is 51.0 Å². The molecule has 1 aliphatic rings. The van der Waals surface area contributed by atoms with Crippen molar-refractivity contribution in [2.75, 3.05) is 19.8 Å². The summed E-state index contributed by atoms with van der Waals surface area (Å²) in [5.41, 5.74) is 1.02. The van der Waals surface area contributed by atoms with Crippen LogP contribution in [0.15, 0.2) is 11.6 Å². The van der Waals surface area contributed by atoms with E-state index in [1.807, 2.05) is 13.8 Å². The molecule has 21 heavy (non-hydrogen) atoms. The quantitative estimate of drug-likeness (QED) is 0.373. The Kier molecular flexibility index (Phi) is 7.75. The summed E-state index contributed by atoms with van der Waals surface area (Å²) in [6.45, 7) is 3.69. The first-order chi connectivity index (χ1) is 9.92. The summed E-state index contributed by atoms with van der Waals surface area (Å²) in [6, 6.07) is 0. The first-order valence-corrected chi connectivity index (χ1v) is 7.14. The van der Waals surface area contributed by atoms with Crippen molar-refractivity contribution in [1.82, 2.24) is 0 Å². The van der Waals surface area contributed by atoms with Gasteiger partial charge in [0.2, 0.25) is 0 Å². The molecule has 5 atom stereocenters. The molecule has 0 amide bonds. The summed E-state index contributed by atoms with van der Waals surface area (Å²) in [5, 5.41) is 47.1. The van der Waals surface area contributed by atoms with Crippen molar-refractivity contribution < 1.29 is 35.0 Å². The third-order valence-corrected chi connectivity index (χ3v) is 3.62. The molecule has 0 aromatic heterocycles. The van der Waals surface area contributed by atoms with Gasteiger partial charge in [0.15, 0.2) is 6.29 Å². The molecule has 0 aromatic rings. The van der Waals surface area contributed by atoms with Gasteiger partial charge in [0, 0.05) is 0 Å². The van der Waals surface area contributed by atoms with Crippen molar-refractivity contribution in [1.29, 1.82) is 0 Å². The van der Waals surface area contributed by atoms with Gasteiger partial charge in [-0.3, -0.25) is 0 Å². The van der Waals surface area contributed by atoms with Crippen LogP contribution in [0.4, 0.5) is 0 Å². The highest BCUT2D eigenvalue weighted by Gasteiger charge is 2.43. The summed E-state index contributed by atoms with van der Waals surface area (Å²) in [4.78, 5) is 0. The van der Waals surface area contributed by atoms with Crippen molar-refractivity contribution >= 4 is 0 Å². The van der Waals surface area contributed by atoms with Crippen LogP contribution in [0.25, 0.3) is 0 Å². The van der Waals surface area contributed by atoms with Crippen LogP contribution in [0.2, 0.25) is 0 Å². The average Bonchev–Trinajstić information content (AvgIpc) is 2.46. The van der Waals surface area contributed by atoms with Crippen LogP contribution in [-0.4, -0.2) is 76.1 Å². The van der Waals surface area contributed by atoms with Gasteiger partial charge in [-0.25, -0.2) is 0 Å². The fourth-order valence-corrected chi connectivity index (χ4v) is 2.24. The van der Waals surface area contributed by atoms with Crippen molar-refractivity contribution in [3.05, 3.63) is 11.6 Å². The lowest BCUT2D eigenvalue weighted by Gasteiger charge is -2.39. The zero-order valence-corrected chi connectivity index (χ0v) is 12.4. The summed E-state index contributed by atoms with van der Waals surface area (Å²) in [6.07, 6.45) is -4.01. The second-order valence-electron chi connectivity index (χ2n) is 5.43. The van der Waals surface area contributed by atoms with Gasteiger partial charge in [0.05, 0.1) is 19.8 Å². The average molecular weight is 306 g/mol. The van der Waals surface area contributed by atoms with E-state index < -0.39 is 37.3 Å². The molecule has 0 saturated carbocycles. The van der Waals surface area contributed by atoms with Crippen LogP contribution in [0.1, 0.15) is 20.3 Å². The number of hydrogen-bond donors (Lipinski definition) is 5. The Morgan fingerprint density at radius 3 is 2.33 bits per heavy atom. The van der Waals surface area contributed by atoms with Crippen LogP contribution < -0.4 is 0 Å². The smallest absolute Gasteiger partial charge is 0.186 e. The highest BCUT2D eigenvalue weighted by atomic mass is 16.7. The van der Waals surface area contributed by atoms with E-state index in [4.69, 9.17) is 19.7 Å². The predicted octanol–water partition coefficient (Wildman–Crippen LogP) is -1.23. The summed E-state index contributed by atoms with van der Waals surface area (Å²) < 4.78 is 10.6. The first-order valence-electron chi connectivity index (χ1n) is 7.14. The van der Waals surface area contributed by atoms with Crippen molar-refractivity contribution in [3.63, 3.8) is 0 Å². The minimum Gasteiger partial charge on any atom is -0.394 e. The van der Waals surface area contributed by atoms with Gasteiger partial charge in [0.1, 0.15) is 24.4 Å². The van der Waals surface area contributed by atoms with E-state index in [1.54, 1.807) is 6.08 Å². The monoisotopic (exact) mass is 306 g/mol. The Bertz CT molecular complexity index is 329. The maximum absolute atomic E-state index is 9.80. The molecule has 7 heteroatoms. The molecule has 1 rings (SSSR count). The van der Waals surface area contributed by atoms with Crippen LogP contribution in [-0.2, 0) is 9.47 Å². The van der Waals surface area contributed by atoms with E-state index in [-0.39, 0.29) is 19.1 Å². The second kappa shape index (κ2) is 8.79. The van der Waals surface area contributed by atoms with Gasteiger partial charge >= 0.3 is 0 Å². The lowest BCUT2D eigenvalue weighted by atomic mass is 9.99. The van der Waals surface area contributed by atoms with Gasteiger partial charge in [-0.2, -0.15) is 0 Å². The molecule has 0 aromatic carbocycles. The van der Waals surface area contributed by atoms with E-state index in [2.05, 4.69) is 0 Å². The van der Waals surface area contributed by atoms with Gasteiger partial charge in [-0.05, 0) is 12.3 Å². The van der Waals surface area contributed by atoms with Crippen LogP contribution in [0, 0.1) is 5.92 Å². The number of aliphatic hydroxyl groups excluding tert-OH is 5. The first kappa shape index (κ1) is 18.5. The Labute approximate surface area is 124 Å². The van der Waals surface area contributed by atoms with Gasteiger partial charge < -0.3 is 35.0 Å². The summed E-state index contributed by atoms with van der Waals surface area (Å²) in [7, 11) is 0. The molecule has 124 valence electrons. The zero-order valence-electron chi connectivity index (χ0n) is 12.4. The molecule has 0 aliphatic carbocycles. The number of rotatable bonds is 7. The standard InChI is InChI=1S/C14H26O7/c1-8(2)9(3-5-15)4-6-20-14-13(19)12(18)11(17)10(7-16)21-14/h3,8,10-19H,4-7H2,1-2H3. The van der Waals surface area contributed by atoms with E-state index in [0.717, 1.165) is 5.57 Å². The molecule has 0 bridgehead atoms. The minimum atomic E-state index is -1.43. The van der Waals surface area contributed by atoms with E-state index in [1.165, 1.54) is 0 Å². The molecular formula is C14H26O7. The number of ether oxygens (including phenoxy) is 2.